The molecule has 0 saturated heterocycles. The number of nitrogen functional groups attached to an aromatic ring is 1. The van der Waals surface area contributed by atoms with Crippen molar-refractivity contribution in [3.05, 3.63) is 71.7 Å². The molecule has 0 bridgehead atoms. The van der Waals surface area contributed by atoms with Gasteiger partial charge in [-0.3, -0.25) is 9.78 Å². The molecule has 0 radical (unpaired) electrons. The van der Waals surface area contributed by atoms with Gasteiger partial charge in [0, 0.05) is 42.8 Å². The summed E-state index contributed by atoms with van der Waals surface area (Å²) in [5.74, 6) is 0.367. The lowest BCUT2D eigenvalue weighted by molar-refractivity contribution is 0.0966. The first-order chi connectivity index (χ1) is 14.0. The van der Waals surface area contributed by atoms with Gasteiger partial charge in [-0.15, -0.1) is 0 Å². The van der Waals surface area contributed by atoms with Gasteiger partial charge >= 0.3 is 0 Å². The Bertz CT molecular complexity index is 888. The summed E-state index contributed by atoms with van der Waals surface area (Å²) in [5, 5.41) is 3.04. The number of nitrogens with zero attached hydrogens (tertiary/aromatic N) is 2. The van der Waals surface area contributed by atoms with Gasteiger partial charge in [0.05, 0.1) is 11.9 Å². The molecule has 6 heteroatoms. The van der Waals surface area contributed by atoms with Crippen molar-refractivity contribution in [2.75, 3.05) is 31.3 Å². The van der Waals surface area contributed by atoms with Crippen LogP contribution in [0.4, 0.5) is 11.4 Å². The van der Waals surface area contributed by atoms with Gasteiger partial charge in [-0.2, -0.15) is 0 Å². The van der Waals surface area contributed by atoms with Gasteiger partial charge in [0.25, 0.3) is 5.91 Å². The SMILES string of the molecule is CC/C=C(COc1cnccc1N)\C(=C/CC)NC(=O)c1cccc(N(C)C)c1. The van der Waals surface area contributed by atoms with Gasteiger partial charge in [0.1, 0.15) is 6.61 Å². The van der Waals surface area contributed by atoms with E-state index in [-0.39, 0.29) is 12.5 Å². The predicted octanol–water partition coefficient (Wildman–Crippen LogP) is 4.17. The van der Waals surface area contributed by atoms with E-state index in [0.29, 0.717) is 17.0 Å². The minimum Gasteiger partial charge on any atom is -0.485 e. The smallest absolute Gasteiger partial charge is 0.255 e. The Labute approximate surface area is 173 Å². The van der Waals surface area contributed by atoms with E-state index in [1.807, 2.05) is 69.3 Å². The summed E-state index contributed by atoms with van der Waals surface area (Å²) in [5.41, 5.74) is 9.69. The Hall–Kier alpha value is -3.28. The Kier molecular flexibility index (Phi) is 8.27. The van der Waals surface area contributed by atoms with Crippen molar-refractivity contribution in [3.63, 3.8) is 0 Å². The molecule has 2 rings (SSSR count). The standard InChI is InChI=1S/C23H30N4O2/c1-5-8-18(16-29-22-15-25-13-12-20(22)24)21(9-6-2)26-23(28)17-10-7-11-19(14-17)27(3)4/h7-15H,5-6,16H2,1-4H3,(H2,24,25)(H,26,28)/b18-8-,21-9+. The number of amides is 1. The highest BCUT2D eigenvalue weighted by Crippen LogP contribution is 2.21. The molecule has 1 amide bonds. The van der Waals surface area contributed by atoms with Crippen LogP contribution >= 0.6 is 0 Å². The maximum atomic E-state index is 12.9. The van der Waals surface area contributed by atoms with Crippen molar-refractivity contribution >= 4 is 17.3 Å². The monoisotopic (exact) mass is 394 g/mol. The van der Waals surface area contributed by atoms with E-state index in [1.54, 1.807) is 18.5 Å². The van der Waals surface area contributed by atoms with E-state index in [2.05, 4.69) is 10.3 Å². The molecule has 6 nitrogen and oxygen atoms in total. The molecular formula is C23H30N4O2. The van der Waals surface area contributed by atoms with Gasteiger partial charge < -0.3 is 20.7 Å². The minimum absolute atomic E-state index is 0.156. The maximum absolute atomic E-state index is 12.9. The summed E-state index contributed by atoms with van der Waals surface area (Å²) >= 11 is 0. The maximum Gasteiger partial charge on any atom is 0.255 e. The second-order valence-electron chi connectivity index (χ2n) is 6.76. The van der Waals surface area contributed by atoms with Crippen molar-refractivity contribution in [2.45, 2.75) is 26.7 Å². The summed E-state index contributed by atoms with van der Waals surface area (Å²) in [6, 6.07) is 9.22. The van der Waals surface area contributed by atoms with Crippen LogP contribution < -0.4 is 20.7 Å². The number of anilines is 2. The molecular weight excluding hydrogens is 364 g/mol. The number of ether oxygens (including phenoxy) is 1. The number of hydrogen-bond acceptors (Lipinski definition) is 5. The molecule has 0 unspecified atom stereocenters. The summed E-state index contributed by atoms with van der Waals surface area (Å²) in [4.78, 5) is 18.9. The molecule has 0 fully saturated rings. The van der Waals surface area contributed by atoms with Crippen molar-refractivity contribution in [1.82, 2.24) is 10.3 Å². The van der Waals surface area contributed by atoms with Crippen LogP contribution in [0.1, 0.15) is 37.0 Å². The molecule has 1 aromatic carbocycles. The number of hydrogen-bond donors (Lipinski definition) is 2. The number of nitrogens with one attached hydrogen (secondary N) is 1. The van der Waals surface area contributed by atoms with Crippen LogP contribution in [-0.4, -0.2) is 31.6 Å². The average molecular weight is 395 g/mol. The number of allylic oxidation sites excluding steroid dienone is 2. The number of nitrogens with two attached hydrogens (primary N) is 1. The molecule has 2 aromatic rings. The van der Waals surface area contributed by atoms with Crippen LogP contribution in [0.25, 0.3) is 0 Å². The molecule has 1 aromatic heterocycles. The molecule has 3 N–H and O–H groups in total. The highest BCUT2D eigenvalue weighted by molar-refractivity contribution is 5.96. The van der Waals surface area contributed by atoms with Crippen molar-refractivity contribution in [2.24, 2.45) is 0 Å². The number of carbonyl (C=O) groups is 1. The Morgan fingerprint density at radius 1 is 1.21 bits per heavy atom. The third-order valence-electron chi connectivity index (χ3n) is 4.28. The summed E-state index contributed by atoms with van der Waals surface area (Å²) in [6.07, 6.45) is 8.84. The second-order valence-corrected chi connectivity index (χ2v) is 6.76. The van der Waals surface area contributed by atoms with E-state index >= 15 is 0 Å². The molecule has 0 aliphatic carbocycles. The number of pyridine rings is 1. The van der Waals surface area contributed by atoms with Crippen LogP contribution in [0.5, 0.6) is 5.75 Å². The number of aromatic nitrogens is 1. The first-order valence-electron chi connectivity index (χ1n) is 9.76. The molecule has 1 heterocycles. The Balaban J connectivity index is 2.19. The lowest BCUT2D eigenvalue weighted by atomic mass is 10.1. The average Bonchev–Trinajstić information content (AvgIpc) is 2.72. The van der Waals surface area contributed by atoms with Gasteiger partial charge in [-0.05, 0) is 37.1 Å². The fourth-order valence-corrected chi connectivity index (χ4v) is 2.75. The van der Waals surface area contributed by atoms with Gasteiger partial charge in [-0.25, -0.2) is 0 Å². The van der Waals surface area contributed by atoms with E-state index in [4.69, 9.17) is 10.5 Å². The first-order valence-corrected chi connectivity index (χ1v) is 9.76. The zero-order valence-corrected chi connectivity index (χ0v) is 17.6. The summed E-state index contributed by atoms with van der Waals surface area (Å²) < 4.78 is 5.86. The van der Waals surface area contributed by atoms with Crippen molar-refractivity contribution < 1.29 is 9.53 Å². The normalized spacial score (nSPS) is 11.9. The van der Waals surface area contributed by atoms with Gasteiger partial charge in [0.2, 0.25) is 0 Å². The molecule has 154 valence electrons. The Morgan fingerprint density at radius 3 is 2.62 bits per heavy atom. The number of benzene rings is 1. The second kappa shape index (κ2) is 10.9. The fraction of sp³-hybridized carbons (Fsp3) is 0.304. The number of rotatable bonds is 9. The van der Waals surface area contributed by atoms with E-state index in [1.165, 1.54) is 0 Å². The van der Waals surface area contributed by atoms with E-state index in [9.17, 15) is 4.79 Å². The number of carbonyl (C=O) groups excluding carboxylic acids is 1. The van der Waals surface area contributed by atoms with Crippen LogP contribution in [0.15, 0.2) is 66.1 Å². The lowest BCUT2D eigenvalue weighted by Gasteiger charge is -2.17. The first kappa shape index (κ1) is 22.0. The third-order valence-corrected chi connectivity index (χ3v) is 4.28. The molecule has 0 aliphatic rings. The molecule has 0 spiro atoms. The molecule has 0 aliphatic heterocycles. The van der Waals surface area contributed by atoms with Gasteiger partial charge in [-0.1, -0.05) is 32.1 Å². The zero-order valence-electron chi connectivity index (χ0n) is 17.6. The van der Waals surface area contributed by atoms with E-state index in [0.717, 1.165) is 29.8 Å². The molecule has 0 atom stereocenters. The largest absolute Gasteiger partial charge is 0.485 e. The highest BCUT2D eigenvalue weighted by atomic mass is 16.5. The van der Waals surface area contributed by atoms with Crippen LogP contribution in [0.3, 0.4) is 0 Å². The van der Waals surface area contributed by atoms with E-state index < -0.39 is 0 Å². The molecule has 29 heavy (non-hydrogen) atoms. The third kappa shape index (κ3) is 6.38. The fourth-order valence-electron chi connectivity index (χ4n) is 2.75. The Morgan fingerprint density at radius 2 is 1.97 bits per heavy atom. The topological polar surface area (TPSA) is 80.5 Å². The lowest BCUT2D eigenvalue weighted by Crippen LogP contribution is -2.26. The van der Waals surface area contributed by atoms with Crippen LogP contribution in [0.2, 0.25) is 0 Å². The van der Waals surface area contributed by atoms with Gasteiger partial charge in [0.15, 0.2) is 5.75 Å². The van der Waals surface area contributed by atoms with Crippen molar-refractivity contribution in [3.8, 4) is 5.75 Å². The van der Waals surface area contributed by atoms with Crippen LogP contribution in [0, 0.1) is 0 Å². The minimum atomic E-state index is -0.156. The predicted molar refractivity (Wildman–Crippen MR) is 119 cm³/mol. The summed E-state index contributed by atoms with van der Waals surface area (Å²) in [6.45, 7) is 4.36. The van der Waals surface area contributed by atoms with Crippen molar-refractivity contribution in [1.29, 1.82) is 0 Å². The zero-order chi connectivity index (χ0) is 21.2. The quantitative estimate of drug-likeness (QED) is 0.624. The summed E-state index contributed by atoms with van der Waals surface area (Å²) in [7, 11) is 3.89. The molecule has 0 saturated carbocycles. The highest BCUT2D eigenvalue weighted by Gasteiger charge is 2.13. The van der Waals surface area contributed by atoms with Crippen LogP contribution in [-0.2, 0) is 0 Å².